The number of ketones is 1. The first kappa shape index (κ1) is 19.2. The lowest BCUT2D eigenvalue weighted by atomic mass is 9.77. The zero-order chi connectivity index (χ0) is 19.8. The number of rotatable bonds is 3. The predicted molar refractivity (Wildman–Crippen MR) is 91.1 cm³/mol. The van der Waals surface area contributed by atoms with Crippen LogP contribution in [0.1, 0.15) is 22.0 Å². The van der Waals surface area contributed by atoms with E-state index in [1.165, 1.54) is 53.8 Å². The first-order chi connectivity index (χ1) is 12.6. The summed E-state index contributed by atoms with van der Waals surface area (Å²) in [6, 6.07) is 10.2. The first-order valence-corrected chi connectivity index (χ1v) is 8.24. The summed E-state index contributed by atoms with van der Waals surface area (Å²) < 4.78 is 41.1. The van der Waals surface area contributed by atoms with E-state index in [1.54, 1.807) is 6.07 Å². The van der Waals surface area contributed by atoms with Gasteiger partial charge in [-0.25, -0.2) is 4.79 Å². The molecule has 1 aliphatic heterocycles. The van der Waals surface area contributed by atoms with Crippen LogP contribution in [0.15, 0.2) is 54.6 Å². The number of aliphatic hydroxyl groups is 1. The number of hydrogen-bond acceptors (Lipinski definition) is 3. The standard InChI is InChI=1S/C18H14ClF3N2O3/c19-12-8-6-10(7-9-12)14-13(15(25)11-4-2-1-3-5-11)17(27,18(20,21)22)24-16(26)23-14/h1-9,13-14,27H,(H2,23,24,26)/t13-,14-,17+/m1/s1. The molecule has 2 aromatic carbocycles. The molecule has 1 heterocycles. The quantitative estimate of drug-likeness (QED) is 0.693. The number of nitrogens with one attached hydrogen (secondary N) is 2. The van der Waals surface area contributed by atoms with E-state index >= 15 is 0 Å². The highest BCUT2D eigenvalue weighted by Gasteiger charge is 2.66. The molecule has 1 fully saturated rings. The van der Waals surface area contributed by atoms with Gasteiger partial charge in [0.2, 0.25) is 5.72 Å². The summed E-state index contributed by atoms with van der Waals surface area (Å²) in [7, 11) is 0. The van der Waals surface area contributed by atoms with E-state index in [4.69, 9.17) is 11.6 Å². The maximum absolute atomic E-state index is 13.7. The van der Waals surface area contributed by atoms with Crippen LogP contribution >= 0.6 is 11.6 Å². The van der Waals surface area contributed by atoms with Crippen molar-refractivity contribution in [2.24, 2.45) is 5.92 Å². The van der Waals surface area contributed by atoms with E-state index in [1.807, 2.05) is 0 Å². The monoisotopic (exact) mass is 398 g/mol. The molecule has 3 atom stereocenters. The lowest BCUT2D eigenvalue weighted by Gasteiger charge is -2.45. The maximum Gasteiger partial charge on any atom is 0.437 e. The number of amides is 2. The Morgan fingerprint density at radius 1 is 1.07 bits per heavy atom. The molecule has 0 spiro atoms. The highest BCUT2D eigenvalue weighted by Crippen LogP contribution is 2.44. The molecule has 0 radical (unpaired) electrons. The van der Waals surface area contributed by atoms with Crippen molar-refractivity contribution in [2.75, 3.05) is 0 Å². The van der Waals surface area contributed by atoms with Crippen LogP contribution in [-0.4, -0.2) is 28.8 Å². The van der Waals surface area contributed by atoms with Crippen LogP contribution in [0, 0.1) is 5.92 Å². The largest absolute Gasteiger partial charge is 0.437 e. The number of Topliss-reactive ketones (excluding diaryl/α,β-unsaturated/α-hetero) is 1. The normalized spacial score (nSPS) is 25.4. The van der Waals surface area contributed by atoms with Gasteiger partial charge in [0.25, 0.3) is 0 Å². The van der Waals surface area contributed by atoms with Crippen molar-refractivity contribution in [3.05, 3.63) is 70.7 Å². The molecule has 0 bridgehead atoms. The van der Waals surface area contributed by atoms with Crippen molar-refractivity contribution in [3.8, 4) is 0 Å². The van der Waals surface area contributed by atoms with E-state index in [0.29, 0.717) is 5.02 Å². The first-order valence-electron chi connectivity index (χ1n) is 7.86. The summed E-state index contributed by atoms with van der Waals surface area (Å²) in [4.78, 5) is 24.8. The van der Waals surface area contributed by atoms with Gasteiger partial charge in [0, 0.05) is 10.6 Å². The molecule has 3 rings (SSSR count). The van der Waals surface area contributed by atoms with E-state index in [2.05, 4.69) is 5.32 Å². The summed E-state index contributed by atoms with van der Waals surface area (Å²) >= 11 is 5.81. The lowest BCUT2D eigenvalue weighted by Crippen LogP contribution is -2.72. The van der Waals surface area contributed by atoms with Crippen molar-refractivity contribution >= 4 is 23.4 Å². The fraction of sp³-hybridized carbons (Fsp3) is 0.222. The number of halogens is 4. The van der Waals surface area contributed by atoms with Gasteiger partial charge >= 0.3 is 12.2 Å². The van der Waals surface area contributed by atoms with Gasteiger partial charge in [-0.2, -0.15) is 13.2 Å². The Morgan fingerprint density at radius 2 is 1.67 bits per heavy atom. The average molecular weight is 399 g/mol. The topological polar surface area (TPSA) is 78.4 Å². The Bertz CT molecular complexity index is 858. The second-order valence-corrected chi connectivity index (χ2v) is 6.54. The third-order valence-corrected chi connectivity index (χ3v) is 4.63. The molecule has 0 unspecified atom stereocenters. The van der Waals surface area contributed by atoms with Gasteiger partial charge in [0.15, 0.2) is 5.78 Å². The van der Waals surface area contributed by atoms with Crippen LogP contribution in [-0.2, 0) is 0 Å². The van der Waals surface area contributed by atoms with Crippen molar-refractivity contribution < 1.29 is 27.9 Å². The lowest BCUT2D eigenvalue weighted by molar-refractivity contribution is -0.287. The molecule has 2 aromatic rings. The molecular weight excluding hydrogens is 385 g/mol. The Hall–Kier alpha value is -2.58. The fourth-order valence-corrected chi connectivity index (χ4v) is 3.19. The zero-order valence-electron chi connectivity index (χ0n) is 13.6. The molecule has 1 saturated heterocycles. The SMILES string of the molecule is O=C1N[C@H](c2ccc(Cl)cc2)[C@H](C(=O)c2ccccc2)[C@](O)(C(F)(F)F)N1. The van der Waals surface area contributed by atoms with Crippen LogP contribution in [0.25, 0.3) is 0 Å². The van der Waals surface area contributed by atoms with Gasteiger partial charge in [-0.15, -0.1) is 0 Å². The second-order valence-electron chi connectivity index (χ2n) is 6.10. The van der Waals surface area contributed by atoms with Gasteiger partial charge in [-0.3, -0.25) is 4.79 Å². The minimum atomic E-state index is -5.29. The number of carbonyl (C=O) groups excluding carboxylic acids is 2. The summed E-state index contributed by atoms with van der Waals surface area (Å²) in [5, 5.41) is 14.5. The maximum atomic E-state index is 13.7. The van der Waals surface area contributed by atoms with Crippen molar-refractivity contribution in [2.45, 2.75) is 17.9 Å². The van der Waals surface area contributed by atoms with Crippen molar-refractivity contribution in [3.63, 3.8) is 0 Å². The van der Waals surface area contributed by atoms with Crippen LogP contribution < -0.4 is 10.6 Å². The second kappa shape index (κ2) is 6.86. The van der Waals surface area contributed by atoms with E-state index < -0.39 is 35.7 Å². The number of carbonyl (C=O) groups is 2. The summed E-state index contributed by atoms with van der Waals surface area (Å²) in [5.41, 5.74) is -3.57. The number of urea groups is 1. The fourth-order valence-electron chi connectivity index (χ4n) is 3.07. The van der Waals surface area contributed by atoms with Crippen LogP contribution in [0.4, 0.5) is 18.0 Å². The van der Waals surface area contributed by atoms with Gasteiger partial charge in [0.05, 0.1) is 6.04 Å². The predicted octanol–water partition coefficient (Wildman–Crippen LogP) is 3.44. The highest BCUT2D eigenvalue weighted by molar-refractivity contribution is 6.30. The molecule has 0 aliphatic carbocycles. The van der Waals surface area contributed by atoms with Gasteiger partial charge in [-0.05, 0) is 17.7 Å². The van der Waals surface area contributed by atoms with Crippen LogP contribution in [0.3, 0.4) is 0 Å². The molecule has 3 N–H and O–H groups in total. The van der Waals surface area contributed by atoms with Crippen molar-refractivity contribution in [1.29, 1.82) is 0 Å². The molecule has 1 aliphatic rings. The smallest absolute Gasteiger partial charge is 0.363 e. The molecule has 9 heteroatoms. The third kappa shape index (κ3) is 3.50. The third-order valence-electron chi connectivity index (χ3n) is 4.38. The molecule has 0 aromatic heterocycles. The molecule has 142 valence electrons. The van der Waals surface area contributed by atoms with Crippen molar-refractivity contribution in [1.82, 2.24) is 10.6 Å². The Kier molecular flexibility index (Phi) is 4.88. The zero-order valence-corrected chi connectivity index (χ0v) is 14.4. The average Bonchev–Trinajstić information content (AvgIpc) is 2.61. The minimum Gasteiger partial charge on any atom is -0.363 e. The molecule has 27 heavy (non-hydrogen) atoms. The number of hydrogen-bond donors (Lipinski definition) is 3. The van der Waals surface area contributed by atoms with E-state index in [-0.39, 0.29) is 11.1 Å². The molecule has 0 saturated carbocycles. The summed E-state index contributed by atoms with van der Waals surface area (Å²) in [6.07, 6.45) is -5.29. The number of benzene rings is 2. The van der Waals surface area contributed by atoms with Gasteiger partial charge < -0.3 is 15.7 Å². The Balaban J connectivity index is 2.15. The number of alkyl halides is 3. The van der Waals surface area contributed by atoms with Crippen LogP contribution in [0.5, 0.6) is 0 Å². The highest BCUT2D eigenvalue weighted by atomic mass is 35.5. The molecule has 2 amide bonds. The van der Waals surface area contributed by atoms with Gasteiger partial charge in [-0.1, -0.05) is 54.1 Å². The summed E-state index contributed by atoms with van der Waals surface area (Å²) in [6.45, 7) is 0. The van der Waals surface area contributed by atoms with Crippen LogP contribution in [0.2, 0.25) is 5.02 Å². The Morgan fingerprint density at radius 3 is 2.22 bits per heavy atom. The molecule has 5 nitrogen and oxygen atoms in total. The van der Waals surface area contributed by atoms with E-state index in [0.717, 1.165) is 0 Å². The minimum absolute atomic E-state index is 0.0258. The van der Waals surface area contributed by atoms with Gasteiger partial charge in [0.1, 0.15) is 5.92 Å². The van der Waals surface area contributed by atoms with E-state index in [9.17, 15) is 27.9 Å². The Labute approximate surface area is 157 Å². The summed E-state index contributed by atoms with van der Waals surface area (Å²) in [5.74, 6) is -3.03. The molecular formula is C18H14ClF3N2O3.